The first-order valence-electron chi connectivity index (χ1n) is 8.48. The van der Waals surface area contributed by atoms with Crippen molar-refractivity contribution in [3.8, 4) is 16.9 Å². The fourth-order valence-electron chi connectivity index (χ4n) is 2.86. The van der Waals surface area contributed by atoms with Crippen molar-refractivity contribution < 1.29 is 32.6 Å². The third-order valence-corrected chi connectivity index (χ3v) is 4.27. The molecule has 2 rings (SSSR count). The van der Waals surface area contributed by atoms with E-state index in [9.17, 15) is 22.8 Å². The lowest BCUT2D eigenvalue weighted by molar-refractivity contribution is -0.138. The molecule has 0 spiro atoms. The summed E-state index contributed by atoms with van der Waals surface area (Å²) < 4.78 is 44.9. The largest absolute Gasteiger partial charge is 0.496 e. The first kappa shape index (κ1) is 21.3. The van der Waals surface area contributed by atoms with Crippen molar-refractivity contribution in [3.63, 3.8) is 0 Å². The van der Waals surface area contributed by atoms with Crippen LogP contribution >= 0.6 is 0 Å². The van der Waals surface area contributed by atoms with Crippen LogP contribution in [0.2, 0.25) is 0 Å². The van der Waals surface area contributed by atoms with E-state index >= 15 is 0 Å². The Labute approximate surface area is 160 Å². The predicted molar refractivity (Wildman–Crippen MR) is 96.9 cm³/mol. The van der Waals surface area contributed by atoms with Crippen molar-refractivity contribution in [2.45, 2.75) is 26.1 Å². The number of methoxy groups -OCH3 is 1. The Balaban J connectivity index is 2.65. The van der Waals surface area contributed by atoms with Crippen molar-refractivity contribution >= 4 is 12.4 Å². The van der Waals surface area contributed by atoms with E-state index in [1.165, 1.54) is 18.1 Å². The summed E-state index contributed by atoms with van der Waals surface area (Å²) in [7, 11) is 1.42. The topological polar surface area (TPSA) is 66.8 Å². The molecule has 28 heavy (non-hydrogen) atoms. The molecule has 5 nitrogen and oxygen atoms in total. The fraction of sp³-hybridized carbons (Fsp3) is 0.300. The van der Waals surface area contributed by atoms with Gasteiger partial charge in [0, 0.05) is 18.7 Å². The molecular weight excluding hydrogens is 375 g/mol. The monoisotopic (exact) mass is 395 g/mol. The lowest BCUT2D eigenvalue weighted by Gasteiger charge is -2.20. The molecule has 0 radical (unpaired) electrons. The number of benzene rings is 2. The van der Waals surface area contributed by atoms with E-state index in [4.69, 9.17) is 9.84 Å². The Morgan fingerprint density at radius 3 is 2.43 bits per heavy atom. The molecule has 0 aromatic heterocycles. The number of carboxylic acids is 1. The number of rotatable bonds is 8. The number of halogens is 3. The Bertz CT molecular complexity index is 865. The zero-order chi connectivity index (χ0) is 20.9. The molecule has 150 valence electrons. The quantitative estimate of drug-likeness (QED) is 0.687. The van der Waals surface area contributed by atoms with Crippen LogP contribution < -0.4 is 4.74 Å². The summed E-state index contributed by atoms with van der Waals surface area (Å²) in [6.45, 7) is 2.02. The highest BCUT2D eigenvalue weighted by Gasteiger charge is 2.31. The minimum Gasteiger partial charge on any atom is -0.496 e. The first-order chi connectivity index (χ1) is 13.2. The molecule has 1 N–H and O–H groups in total. The molecule has 8 heteroatoms. The fourth-order valence-corrected chi connectivity index (χ4v) is 2.86. The van der Waals surface area contributed by atoms with Crippen LogP contribution in [0.5, 0.6) is 5.75 Å². The Hall–Kier alpha value is -3.03. The Morgan fingerprint density at radius 1 is 1.18 bits per heavy atom. The molecule has 0 saturated carbocycles. The average molecular weight is 395 g/mol. The van der Waals surface area contributed by atoms with E-state index < -0.39 is 17.7 Å². The molecule has 0 fully saturated rings. The van der Waals surface area contributed by atoms with E-state index in [0.29, 0.717) is 35.4 Å². The van der Waals surface area contributed by atoms with Gasteiger partial charge in [0.05, 0.1) is 19.1 Å². The minimum absolute atomic E-state index is 0.0223. The second kappa shape index (κ2) is 8.77. The normalized spacial score (nSPS) is 11.2. The summed E-state index contributed by atoms with van der Waals surface area (Å²) in [4.78, 5) is 23.5. The van der Waals surface area contributed by atoms with Crippen LogP contribution in [0.1, 0.15) is 23.6 Å². The molecule has 0 atom stereocenters. The van der Waals surface area contributed by atoms with Crippen molar-refractivity contribution in [1.82, 2.24) is 4.90 Å². The second-order valence-corrected chi connectivity index (χ2v) is 6.14. The second-order valence-electron chi connectivity index (χ2n) is 6.14. The number of aliphatic carboxylic acids is 1. The highest BCUT2D eigenvalue weighted by atomic mass is 19.4. The van der Waals surface area contributed by atoms with E-state index in [1.807, 2.05) is 0 Å². The van der Waals surface area contributed by atoms with Gasteiger partial charge >= 0.3 is 12.1 Å². The summed E-state index contributed by atoms with van der Waals surface area (Å²) >= 11 is 0. The molecule has 2 aromatic carbocycles. The summed E-state index contributed by atoms with van der Waals surface area (Å²) in [5.74, 6) is -0.633. The molecule has 0 bridgehead atoms. The maximum Gasteiger partial charge on any atom is 0.416 e. The molecular formula is C20H20F3NO4. The smallest absolute Gasteiger partial charge is 0.416 e. The van der Waals surface area contributed by atoms with E-state index in [0.717, 1.165) is 12.1 Å². The molecule has 0 heterocycles. The van der Waals surface area contributed by atoms with Gasteiger partial charge in [-0.2, -0.15) is 13.2 Å². The van der Waals surface area contributed by atoms with Crippen molar-refractivity contribution in [3.05, 3.63) is 53.1 Å². The van der Waals surface area contributed by atoms with Crippen LogP contribution in [0.4, 0.5) is 13.2 Å². The first-order valence-corrected chi connectivity index (χ1v) is 8.48. The zero-order valence-electron chi connectivity index (χ0n) is 15.4. The summed E-state index contributed by atoms with van der Waals surface area (Å²) in [6.07, 6.45) is -4.19. The number of hydrogen-bond acceptors (Lipinski definition) is 3. The van der Waals surface area contributed by atoms with Gasteiger partial charge in [-0.15, -0.1) is 0 Å². The van der Waals surface area contributed by atoms with Crippen molar-refractivity contribution in [2.24, 2.45) is 0 Å². The maximum atomic E-state index is 13.2. The molecule has 0 unspecified atom stereocenters. The third-order valence-electron chi connectivity index (χ3n) is 4.27. The lowest BCUT2D eigenvalue weighted by atomic mass is 9.94. The predicted octanol–water partition coefficient (Wildman–Crippen LogP) is 3.99. The van der Waals surface area contributed by atoms with E-state index in [-0.39, 0.29) is 18.5 Å². The van der Waals surface area contributed by atoms with E-state index in [2.05, 4.69) is 0 Å². The molecule has 0 saturated heterocycles. The van der Waals surface area contributed by atoms with Crippen LogP contribution in [-0.2, 0) is 28.7 Å². The van der Waals surface area contributed by atoms with Gasteiger partial charge in [0.25, 0.3) is 0 Å². The van der Waals surface area contributed by atoms with Gasteiger partial charge in [-0.3, -0.25) is 9.59 Å². The maximum absolute atomic E-state index is 13.2. The highest BCUT2D eigenvalue weighted by molar-refractivity contribution is 5.77. The SMILES string of the molecule is CCN(C=O)Cc1cc(C(F)(F)F)ccc1-c1cc(CC(=O)O)ccc1OC. The number of amides is 1. The molecule has 1 amide bonds. The summed E-state index contributed by atoms with van der Waals surface area (Å²) in [5, 5.41) is 9.02. The molecule has 0 aliphatic carbocycles. The third kappa shape index (κ3) is 5.03. The van der Waals surface area contributed by atoms with Crippen molar-refractivity contribution in [1.29, 1.82) is 0 Å². The van der Waals surface area contributed by atoms with Crippen LogP contribution in [0, 0.1) is 0 Å². The Kier molecular flexibility index (Phi) is 6.66. The molecule has 0 aliphatic rings. The number of alkyl halides is 3. The number of nitrogens with zero attached hydrogens (tertiary/aromatic N) is 1. The molecule has 2 aromatic rings. The Morgan fingerprint density at radius 2 is 1.89 bits per heavy atom. The average Bonchev–Trinajstić information content (AvgIpc) is 2.64. The van der Waals surface area contributed by atoms with Crippen LogP contribution in [0.3, 0.4) is 0 Å². The van der Waals surface area contributed by atoms with Gasteiger partial charge < -0.3 is 14.7 Å². The van der Waals surface area contributed by atoms with Crippen molar-refractivity contribution in [2.75, 3.05) is 13.7 Å². The zero-order valence-corrected chi connectivity index (χ0v) is 15.4. The van der Waals surface area contributed by atoms with Crippen LogP contribution in [0.15, 0.2) is 36.4 Å². The number of carbonyl (C=O) groups excluding carboxylic acids is 1. The number of carbonyl (C=O) groups is 2. The van der Waals surface area contributed by atoms with Gasteiger partial charge in [0.15, 0.2) is 0 Å². The van der Waals surface area contributed by atoms with Gasteiger partial charge in [-0.05, 0) is 47.9 Å². The molecule has 0 aliphatic heterocycles. The lowest BCUT2D eigenvalue weighted by Crippen LogP contribution is -2.21. The van der Waals surface area contributed by atoms with Gasteiger partial charge in [-0.1, -0.05) is 12.1 Å². The van der Waals surface area contributed by atoms with E-state index in [1.54, 1.807) is 25.1 Å². The van der Waals surface area contributed by atoms with Gasteiger partial charge in [0.2, 0.25) is 6.41 Å². The van der Waals surface area contributed by atoms with Gasteiger partial charge in [0.1, 0.15) is 5.75 Å². The number of hydrogen-bond donors (Lipinski definition) is 1. The standard InChI is InChI=1S/C20H20F3NO4/c1-3-24(12-25)11-14-10-15(20(21,22)23)5-6-16(14)17-8-13(9-19(26)27)4-7-18(17)28-2/h4-8,10,12H,3,9,11H2,1-2H3,(H,26,27). The highest BCUT2D eigenvalue weighted by Crippen LogP contribution is 2.37. The number of carboxylic acid groups (broad SMARTS) is 1. The van der Waals surface area contributed by atoms with Gasteiger partial charge in [-0.25, -0.2) is 0 Å². The number of ether oxygens (including phenoxy) is 1. The minimum atomic E-state index is -4.53. The van der Waals surface area contributed by atoms with Crippen LogP contribution in [-0.4, -0.2) is 36.0 Å². The summed E-state index contributed by atoms with van der Waals surface area (Å²) in [6, 6.07) is 8.02. The van der Waals surface area contributed by atoms with Crippen LogP contribution in [0.25, 0.3) is 11.1 Å². The summed E-state index contributed by atoms with van der Waals surface area (Å²) in [5.41, 5.74) is 0.851.